The first-order valence-corrected chi connectivity index (χ1v) is 7.19. The lowest BCUT2D eigenvalue weighted by Gasteiger charge is -2.14. The van der Waals surface area contributed by atoms with Crippen LogP contribution in [0, 0.1) is 20.8 Å². The van der Waals surface area contributed by atoms with E-state index in [0.29, 0.717) is 0 Å². The molecular formula is C16H16BrCl. The molecule has 2 rings (SSSR count). The summed E-state index contributed by atoms with van der Waals surface area (Å²) in [5.74, 6) is 0. The van der Waals surface area contributed by atoms with Gasteiger partial charge in [-0.05, 0) is 49.1 Å². The Morgan fingerprint density at radius 3 is 2.33 bits per heavy atom. The van der Waals surface area contributed by atoms with Gasteiger partial charge in [0.25, 0.3) is 0 Å². The van der Waals surface area contributed by atoms with E-state index in [1.165, 1.54) is 16.7 Å². The monoisotopic (exact) mass is 322 g/mol. The third-order valence-electron chi connectivity index (χ3n) is 3.25. The van der Waals surface area contributed by atoms with Gasteiger partial charge in [0.1, 0.15) is 0 Å². The van der Waals surface area contributed by atoms with Crippen LogP contribution in [0.4, 0.5) is 0 Å². The molecule has 0 heterocycles. The van der Waals surface area contributed by atoms with Crippen molar-refractivity contribution >= 4 is 27.5 Å². The quantitative estimate of drug-likeness (QED) is 0.622. The molecular weight excluding hydrogens is 308 g/mol. The van der Waals surface area contributed by atoms with E-state index in [0.717, 1.165) is 15.6 Å². The van der Waals surface area contributed by atoms with Gasteiger partial charge in [-0.25, -0.2) is 0 Å². The molecule has 0 aromatic heterocycles. The van der Waals surface area contributed by atoms with Crippen molar-refractivity contribution < 1.29 is 0 Å². The van der Waals surface area contributed by atoms with Crippen molar-refractivity contribution in [3.63, 3.8) is 0 Å². The third-order valence-corrected chi connectivity index (χ3v) is 4.46. The van der Waals surface area contributed by atoms with E-state index in [-0.39, 0.29) is 5.38 Å². The van der Waals surface area contributed by atoms with Gasteiger partial charge in [-0.1, -0.05) is 51.8 Å². The normalized spacial score (nSPS) is 12.5. The summed E-state index contributed by atoms with van der Waals surface area (Å²) in [5, 5.41) is -0.112. The second-order valence-electron chi connectivity index (χ2n) is 4.73. The van der Waals surface area contributed by atoms with Crippen LogP contribution in [-0.4, -0.2) is 0 Å². The Balaban J connectivity index is 2.44. The van der Waals surface area contributed by atoms with Crippen LogP contribution in [-0.2, 0) is 0 Å². The van der Waals surface area contributed by atoms with Crippen LogP contribution < -0.4 is 0 Å². The fourth-order valence-electron chi connectivity index (χ4n) is 1.96. The van der Waals surface area contributed by atoms with Gasteiger partial charge in [0.05, 0.1) is 5.38 Å². The lowest BCUT2D eigenvalue weighted by atomic mass is 9.99. The first-order chi connectivity index (χ1) is 8.49. The van der Waals surface area contributed by atoms with Crippen LogP contribution in [0.2, 0.25) is 0 Å². The van der Waals surface area contributed by atoms with Crippen molar-refractivity contribution in [1.29, 1.82) is 0 Å². The molecule has 0 amide bonds. The summed E-state index contributed by atoms with van der Waals surface area (Å²) in [6, 6.07) is 12.7. The number of aryl methyl sites for hydroxylation is 3. The van der Waals surface area contributed by atoms with Gasteiger partial charge in [-0.15, -0.1) is 11.6 Å². The Kier molecular flexibility index (Phi) is 4.14. The largest absolute Gasteiger partial charge is 0.113 e. The van der Waals surface area contributed by atoms with E-state index >= 15 is 0 Å². The molecule has 0 radical (unpaired) electrons. The number of halogens is 2. The maximum Gasteiger partial charge on any atom is 0.0846 e. The molecule has 0 spiro atoms. The molecule has 18 heavy (non-hydrogen) atoms. The molecule has 0 saturated carbocycles. The molecule has 2 aromatic carbocycles. The lowest BCUT2D eigenvalue weighted by Crippen LogP contribution is -1.96. The Hall–Kier alpha value is -0.790. The minimum atomic E-state index is -0.112. The van der Waals surface area contributed by atoms with Crippen LogP contribution in [0.5, 0.6) is 0 Å². The predicted molar refractivity (Wildman–Crippen MR) is 82.5 cm³/mol. The fourth-order valence-corrected chi connectivity index (χ4v) is 2.88. The summed E-state index contributed by atoms with van der Waals surface area (Å²) in [6.45, 7) is 6.32. The van der Waals surface area contributed by atoms with Gasteiger partial charge in [0.2, 0.25) is 0 Å². The molecule has 2 heteroatoms. The molecule has 1 atom stereocenters. The minimum Gasteiger partial charge on any atom is -0.113 e. The van der Waals surface area contributed by atoms with E-state index in [4.69, 9.17) is 11.6 Å². The molecule has 0 aliphatic heterocycles. The lowest BCUT2D eigenvalue weighted by molar-refractivity contribution is 1.11. The molecule has 0 saturated heterocycles. The molecule has 0 aliphatic carbocycles. The average molecular weight is 324 g/mol. The first kappa shape index (κ1) is 13.6. The molecule has 0 bridgehead atoms. The van der Waals surface area contributed by atoms with Gasteiger partial charge in [-0.2, -0.15) is 0 Å². The average Bonchev–Trinajstić information content (AvgIpc) is 2.35. The van der Waals surface area contributed by atoms with Crippen LogP contribution in [0.1, 0.15) is 33.2 Å². The number of alkyl halides is 1. The summed E-state index contributed by atoms with van der Waals surface area (Å²) in [6.07, 6.45) is 0. The van der Waals surface area contributed by atoms with Crippen LogP contribution in [0.15, 0.2) is 40.9 Å². The zero-order chi connectivity index (χ0) is 13.3. The van der Waals surface area contributed by atoms with Gasteiger partial charge in [-0.3, -0.25) is 0 Å². The number of rotatable bonds is 2. The summed E-state index contributed by atoms with van der Waals surface area (Å²) in [5.41, 5.74) is 6.07. The highest BCUT2D eigenvalue weighted by Crippen LogP contribution is 2.34. The summed E-state index contributed by atoms with van der Waals surface area (Å²) < 4.78 is 1.06. The highest BCUT2D eigenvalue weighted by molar-refractivity contribution is 9.10. The smallest absolute Gasteiger partial charge is 0.0846 e. The predicted octanol–water partition coefficient (Wildman–Crippen LogP) is 5.70. The second-order valence-corrected chi connectivity index (χ2v) is 6.02. The van der Waals surface area contributed by atoms with Gasteiger partial charge >= 0.3 is 0 Å². The van der Waals surface area contributed by atoms with Crippen molar-refractivity contribution in [2.75, 3.05) is 0 Å². The molecule has 2 aromatic rings. The van der Waals surface area contributed by atoms with E-state index in [9.17, 15) is 0 Å². The van der Waals surface area contributed by atoms with Gasteiger partial charge in [0, 0.05) is 4.47 Å². The van der Waals surface area contributed by atoms with E-state index in [1.54, 1.807) is 0 Å². The summed E-state index contributed by atoms with van der Waals surface area (Å²) in [4.78, 5) is 0. The molecule has 0 fully saturated rings. The van der Waals surface area contributed by atoms with Crippen molar-refractivity contribution in [3.05, 3.63) is 68.7 Å². The van der Waals surface area contributed by atoms with E-state index in [2.05, 4.69) is 73.1 Å². The molecule has 0 nitrogen and oxygen atoms in total. The topological polar surface area (TPSA) is 0 Å². The third kappa shape index (κ3) is 2.78. The van der Waals surface area contributed by atoms with Crippen molar-refractivity contribution in [2.45, 2.75) is 26.1 Å². The van der Waals surface area contributed by atoms with E-state index < -0.39 is 0 Å². The van der Waals surface area contributed by atoms with Crippen LogP contribution in [0.3, 0.4) is 0 Å². The minimum absolute atomic E-state index is 0.112. The van der Waals surface area contributed by atoms with Gasteiger partial charge in [0.15, 0.2) is 0 Å². The fraction of sp³-hybridized carbons (Fsp3) is 0.250. The zero-order valence-corrected chi connectivity index (χ0v) is 13.1. The summed E-state index contributed by atoms with van der Waals surface area (Å²) in [7, 11) is 0. The SMILES string of the molecule is Cc1ccc(Br)c(C(Cl)c2ccc(C)c(C)c2)c1. The highest BCUT2D eigenvalue weighted by Gasteiger charge is 2.14. The Labute approximate surface area is 122 Å². The number of hydrogen-bond acceptors (Lipinski definition) is 0. The second kappa shape index (κ2) is 5.46. The van der Waals surface area contributed by atoms with Crippen molar-refractivity contribution in [2.24, 2.45) is 0 Å². The molecule has 1 unspecified atom stereocenters. The highest BCUT2D eigenvalue weighted by atomic mass is 79.9. The van der Waals surface area contributed by atoms with E-state index in [1.807, 2.05) is 0 Å². The van der Waals surface area contributed by atoms with Crippen molar-refractivity contribution in [1.82, 2.24) is 0 Å². The van der Waals surface area contributed by atoms with Crippen LogP contribution >= 0.6 is 27.5 Å². The zero-order valence-electron chi connectivity index (χ0n) is 10.8. The Bertz CT molecular complexity index is 575. The maximum absolute atomic E-state index is 6.60. The summed E-state index contributed by atoms with van der Waals surface area (Å²) >= 11 is 10.2. The van der Waals surface area contributed by atoms with Gasteiger partial charge < -0.3 is 0 Å². The molecule has 94 valence electrons. The van der Waals surface area contributed by atoms with Crippen molar-refractivity contribution in [3.8, 4) is 0 Å². The Morgan fingerprint density at radius 1 is 0.944 bits per heavy atom. The molecule has 0 aliphatic rings. The number of hydrogen-bond donors (Lipinski definition) is 0. The maximum atomic E-state index is 6.60. The first-order valence-electron chi connectivity index (χ1n) is 5.96. The Morgan fingerprint density at radius 2 is 1.67 bits per heavy atom. The molecule has 0 N–H and O–H groups in total. The number of benzene rings is 2. The standard InChI is InChI=1S/C16H16BrCl/c1-10-4-7-15(17)14(8-10)16(18)13-6-5-11(2)12(3)9-13/h4-9,16H,1-3H3. The van der Waals surface area contributed by atoms with Crippen LogP contribution in [0.25, 0.3) is 0 Å².